The highest BCUT2D eigenvalue weighted by atomic mass is 19.1. The van der Waals surface area contributed by atoms with Gasteiger partial charge in [-0.15, -0.1) is 0 Å². The van der Waals surface area contributed by atoms with Crippen LogP contribution in [0, 0.1) is 11.2 Å². The first-order chi connectivity index (χ1) is 9.06. The number of benzene rings is 1. The smallest absolute Gasteiger partial charge is 0.226 e. The number of nitrogens with zero attached hydrogens (tertiary/aromatic N) is 3. The fraction of sp³-hybridized carbons (Fsp3) is 0.154. The first-order valence-electron chi connectivity index (χ1n) is 5.69. The Hall–Kier alpha value is -2.50. The van der Waals surface area contributed by atoms with Gasteiger partial charge in [-0.25, -0.2) is 14.4 Å². The van der Waals surface area contributed by atoms with Crippen LogP contribution in [-0.2, 0) is 6.54 Å². The molecule has 98 valence electrons. The summed E-state index contributed by atoms with van der Waals surface area (Å²) >= 11 is 0. The summed E-state index contributed by atoms with van der Waals surface area (Å²) in [4.78, 5) is 10.1. The van der Waals surface area contributed by atoms with Crippen molar-refractivity contribution < 1.29 is 4.39 Å². The molecule has 0 aliphatic heterocycles. The van der Waals surface area contributed by atoms with E-state index in [0.717, 1.165) is 5.56 Å². The summed E-state index contributed by atoms with van der Waals surface area (Å²) in [5.41, 5.74) is 6.72. The summed E-state index contributed by atoms with van der Waals surface area (Å²) < 4.78 is 12.8. The molecule has 2 rings (SSSR count). The average Bonchev–Trinajstić information content (AvgIpc) is 2.41. The molecule has 0 saturated heterocycles. The molecule has 1 aromatic carbocycles. The third-order valence-electron chi connectivity index (χ3n) is 2.59. The van der Waals surface area contributed by atoms with E-state index in [0.29, 0.717) is 18.2 Å². The minimum atomic E-state index is -0.263. The third-order valence-corrected chi connectivity index (χ3v) is 2.59. The van der Waals surface area contributed by atoms with Crippen LogP contribution in [0.2, 0.25) is 0 Å². The highest BCUT2D eigenvalue weighted by Gasteiger charge is 2.07. The van der Waals surface area contributed by atoms with Gasteiger partial charge in [0.1, 0.15) is 17.3 Å². The second-order valence-corrected chi connectivity index (χ2v) is 4.14. The number of nitrogens with two attached hydrogens (primary N) is 1. The van der Waals surface area contributed by atoms with Gasteiger partial charge in [-0.05, 0) is 23.8 Å². The van der Waals surface area contributed by atoms with Gasteiger partial charge in [0.25, 0.3) is 0 Å². The molecule has 0 amide bonds. The minimum Gasteiger partial charge on any atom is -0.382 e. The third kappa shape index (κ3) is 3.25. The number of amidine groups is 1. The van der Waals surface area contributed by atoms with Crippen LogP contribution in [0.3, 0.4) is 0 Å². The van der Waals surface area contributed by atoms with Crippen molar-refractivity contribution in [3.05, 3.63) is 53.6 Å². The Morgan fingerprint density at radius 3 is 2.63 bits per heavy atom. The van der Waals surface area contributed by atoms with Crippen LogP contribution >= 0.6 is 0 Å². The number of nitrogen functional groups attached to an aromatic ring is 1. The minimum absolute atomic E-state index is 0.0983. The lowest BCUT2D eigenvalue weighted by Crippen LogP contribution is -2.21. The number of hydrogen-bond acceptors (Lipinski definition) is 4. The zero-order chi connectivity index (χ0) is 13.8. The molecule has 0 bridgehead atoms. The molecule has 2 aromatic rings. The molecule has 0 aliphatic rings. The Balaban J connectivity index is 2.15. The highest BCUT2D eigenvalue weighted by molar-refractivity contribution is 5.93. The Morgan fingerprint density at radius 2 is 2.00 bits per heavy atom. The van der Waals surface area contributed by atoms with E-state index in [1.165, 1.54) is 12.1 Å². The number of anilines is 1. The Morgan fingerprint density at radius 1 is 1.32 bits per heavy atom. The van der Waals surface area contributed by atoms with Crippen LogP contribution in [0.15, 0.2) is 36.5 Å². The van der Waals surface area contributed by atoms with Gasteiger partial charge in [0, 0.05) is 19.8 Å². The summed E-state index contributed by atoms with van der Waals surface area (Å²) in [5, 5.41) is 7.35. The van der Waals surface area contributed by atoms with E-state index in [4.69, 9.17) is 11.1 Å². The molecule has 3 N–H and O–H groups in total. The van der Waals surface area contributed by atoms with Crippen LogP contribution in [0.4, 0.5) is 10.3 Å². The molecule has 1 aromatic heterocycles. The van der Waals surface area contributed by atoms with Crippen molar-refractivity contribution >= 4 is 11.8 Å². The number of hydrogen-bond donors (Lipinski definition) is 2. The van der Waals surface area contributed by atoms with Gasteiger partial charge in [0.05, 0.1) is 0 Å². The van der Waals surface area contributed by atoms with Crippen molar-refractivity contribution in [3.8, 4) is 0 Å². The second-order valence-electron chi connectivity index (χ2n) is 4.14. The van der Waals surface area contributed by atoms with E-state index >= 15 is 0 Å². The largest absolute Gasteiger partial charge is 0.382 e. The average molecular weight is 259 g/mol. The molecule has 0 atom stereocenters. The van der Waals surface area contributed by atoms with Crippen LogP contribution < -0.4 is 10.6 Å². The van der Waals surface area contributed by atoms with Gasteiger partial charge in [-0.2, -0.15) is 0 Å². The number of rotatable bonds is 4. The van der Waals surface area contributed by atoms with Gasteiger partial charge in [-0.3, -0.25) is 5.41 Å². The lowest BCUT2D eigenvalue weighted by Gasteiger charge is -2.17. The molecule has 0 aliphatic carbocycles. The maximum atomic E-state index is 12.8. The molecule has 0 fully saturated rings. The lowest BCUT2D eigenvalue weighted by molar-refractivity contribution is 0.627. The summed E-state index contributed by atoms with van der Waals surface area (Å²) in [6.45, 7) is 0.543. The van der Waals surface area contributed by atoms with E-state index in [9.17, 15) is 4.39 Å². The van der Waals surface area contributed by atoms with Gasteiger partial charge >= 0.3 is 0 Å². The summed E-state index contributed by atoms with van der Waals surface area (Å²) in [7, 11) is 1.82. The zero-order valence-electron chi connectivity index (χ0n) is 10.5. The van der Waals surface area contributed by atoms with Crippen LogP contribution in [-0.4, -0.2) is 22.9 Å². The molecule has 6 heteroatoms. The second kappa shape index (κ2) is 5.43. The Kier molecular flexibility index (Phi) is 3.70. The zero-order valence-corrected chi connectivity index (χ0v) is 10.5. The molecule has 1 heterocycles. The highest BCUT2D eigenvalue weighted by Crippen LogP contribution is 2.11. The first-order valence-corrected chi connectivity index (χ1v) is 5.69. The van der Waals surface area contributed by atoms with E-state index in [1.807, 2.05) is 7.05 Å². The van der Waals surface area contributed by atoms with Crippen LogP contribution in [0.5, 0.6) is 0 Å². The van der Waals surface area contributed by atoms with Gasteiger partial charge < -0.3 is 10.6 Å². The monoisotopic (exact) mass is 259 g/mol. The fourth-order valence-corrected chi connectivity index (χ4v) is 1.62. The van der Waals surface area contributed by atoms with Gasteiger partial charge in [-0.1, -0.05) is 12.1 Å². The van der Waals surface area contributed by atoms with E-state index in [-0.39, 0.29) is 11.7 Å². The fourth-order valence-electron chi connectivity index (χ4n) is 1.62. The van der Waals surface area contributed by atoms with Crippen LogP contribution in [0.1, 0.15) is 11.3 Å². The Labute approximate surface area is 110 Å². The first kappa shape index (κ1) is 12.9. The SMILES string of the molecule is CN(Cc1ccc(F)cc1)c1nccc(C(=N)N)n1. The van der Waals surface area contributed by atoms with Gasteiger partial charge in [0.2, 0.25) is 5.95 Å². The van der Waals surface area contributed by atoms with Crippen LogP contribution in [0.25, 0.3) is 0 Å². The molecule has 0 saturated carbocycles. The summed E-state index contributed by atoms with van der Waals surface area (Å²) in [6, 6.07) is 7.82. The molecule has 0 unspecified atom stereocenters. The van der Waals surface area contributed by atoms with E-state index < -0.39 is 0 Å². The number of nitrogens with one attached hydrogen (secondary N) is 1. The molecular weight excluding hydrogens is 245 g/mol. The maximum Gasteiger partial charge on any atom is 0.226 e. The quantitative estimate of drug-likeness (QED) is 0.644. The van der Waals surface area contributed by atoms with E-state index in [1.54, 1.807) is 29.3 Å². The molecular formula is C13H14FN5. The van der Waals surface area contributed by atoms with Gasteiger partial charge in [0.15, 0.2) is 0 Å². The molecule has 19 heavy (non-hydrogen) atoms. The topological polar surface area (TPSA) is 78.9 Å². The summed E-state index contributed by atoms with van der Waals surface area (Å²) in [5.74, 6) is 0.108. The normalized spacial score (nSPS) is 10.2. The standard InChI is InChI=1S/C13H14FN5/c1-19(8-9-2-4-10(14)5-3-9)13-17-7-6-11(18-13)12(15)16/h2-7H,8H2,1H3,(H3,15,16). The van der Waals surface area contributed by atoms with Crippen molar-refractivity contribution in [1.82, 2.24) is 9.97 Å². The lowest BCUT2D eigenvalue weighted by atomic mass is 10.2. The van der Waals surface area contributed by atoms with Crippen molar-refractivity contribution in [2.45, 2.75) is 6.54 Å². The summed E-state index contributed by atoms with van der Waals surface area (Å²) in [6.07, 6.45) is 1.56. The van der Waals surface area contributed by atoms with Crippen molar-refractivity contribution in [2.75, 3.05) is 11.9 Å². The molecule has 0 radical (unpaired) electrons. The van der Waals surface area contributed by atoms with E-state index in [2.05, 4.69) is 9.97 Å². The van der Waals surface area contributed by atoms with Crippen molar-refractivity contribution in [3.63, 3.8) is 0 Å². The Bertz CT molecular complexity index is 582. The molecule has 5 nitrogen and oxygen atoms in total. The number of aromatic nitrogens is 2. The van der Waals surface area contributed by atoms with Crippen molar-refractivity contribution in [2.24, 2.45) is 5.73 Å². The predicted molar refractivity (Wildman–Crippen MR) is 71.6 cm³/mol. The molecule has 0 spiro atoms. The maximum absolute atomic E-state index is 12.8. The number of halogens is 1. The predicted octanol–water partition coefficient (Wildman–Crippen LogP) is 1.54. The van der Waals surface area contributed by atoms with Crippen molar-refractivity contribution in [1.29, 1.82) is 5.41 Å².